The predicted molar refractivity (Wildman–Crippen MR) is 115 cm³/mol. The van der Waals surface area contributed by atoms with Crippen molar-refractivity contribution in [3.8, 4) is 16.9 Å². The van der Waals surface area contributed by atoms with Gasteiger partial charge in [-0.05, 0) is 73.4 Å². The topological polar surface area (TPSA) is 25.4 Å². The molecule has 0 N–H and O–H groups in total. The van der Waals surface area contributed by atoms with Gasteiger partial charge in [-0.2, -0.15) is 0 Å². The monoisotopic (exact) mass is 372 g/mol. The highest BCUT2D eigenvalue weighted by atomic mass is 16.5. The molecule has 0 unspecified atom stereocenters. The summed E-state index contributed by atoms with van der Waals surface area (Å²) < 4.78 is 6.28. The Kier molecular flexibility index (Phi) is 4.77. The largest absolute Gasteiger partial charge is 0.490 e. The standard InChI is InChI=1S/C25H28N2O/c1-18-24(11-8-21-3-2-14-26-25(18)21)20-6-9-22(10-7-20)28-23-12-15-27(16-13-23)17-19-4-5-19/h2-3,6-11,14,19,23H,4-5,12-13,15-17H2,1H3. The molecule has 5 rings (SSSR count). The Morgan fingerprint density at radius 1 is 0.964 bits per heavy atom. The van der Waals surface area contributed by atoms with Crippen molar-refractivity contribution in [1.82, 2.24) is 9.88 Å². The number of aromatic nitrogens is 1. The van der Waals surface area contributed by atoms with E-state index in [4.69, 9.17) is 4.74 Å². The van der Waals surface area contributed by atoms with E-state index < -0.39 is 0 Å². The molecule has 144 valence electrons. The van der Waals surface area contributed by atoms with Crippen molar-refractivity contribution in [1.29, 1.82) is 0 Å². The number of piperidine rings is 1. The van der Waals surface area contributed by atoms with E-state index in [1.807, 2.05) is 12.3 Å². The van der Waals surface area contributed by atoms with Gasteiger partial charge in [-0.25, -0.2) is 0 Å². The van der Waals surface area contributed by atoms with Crippen LogP contribution in [0.5, 0.6) is 5.75 Å². The molecule has 1 saturated heterocycles. The Hall–Kier alpha value is -2.39. The highest BCUT2D eigenvalue weighted by Crippen LogP contribution is 2.32. The summed E-state index contributed by atoms with van der Waals surface area (Å²) in [4.78, 5) is 7.18. The van der Waals surface area contributed by atoms with E-state index in [0.29, 0.717) is 6.10 Å². The zero-order chi connectivity index (χ0) is 18.9. The van der Waals surface area contributed by atoms with Crippen LogP contribution in [0.1, 0.15) is 31.2 Å². The molecular formula is C25H28N2O. The van der Waals surface area contributed by atoms with Gasteiger partial charge in [-0.3, -0.25) is 4.98 Å². The van der Waals surface area contributed by atoms with Crippen LogP contribution in [0, 0.1) is 12.8 Å². The molecule has 2 heterocycles. The highest BCUT2D eigenvalue weighted by Gasteiger charge is 2.27. The van der Waals surface area contributed by atoms with E-state index in [1.54, 1.807) is 0 Å². The maximum atomic E-state index is 6.28. The van der Waals surface area contributed by atoms with Gasteiger partial charge in [0.1, 0.15) is 11.9 Å². The lowest BCUT2D eigenvalue weighted by Gasteiger charge is -2.32. The number of rotatable bonds is 5. The van der Waals surface area contributed by atoms with Gasteiger partial charge in [-0.1, -0.05) is 30.3 Å². The maximum absolute atomic E-state index is 6.28. The number of pyridine rings is 1. The summed E-state index contributed by atoms with van der Waals surface area (Å²) in [5.41, 5.74) is 4.77. The minimum atomic E-state index is 0.355. The van der Waals surface area contributed by atoms with Crippen LogP contribution < -0.4 is 4.74 Å². The lowest BCUT2D eigenvalue weighted by molar-refractivity contribution is 0.0980. The second-order valence-electron chi connectivity index (χ2n) is 8.40. The number of fused-ring (bicyclic) bond motifs is 1. The summed E-state index contributed by atoms with van der Waals surface area (Å²) >= 11 is 0. The third kappa shape index (κ3) is 3.77. The molecule has 0 radical (unpaired) electrons. The summed E-state index contributed by atoms with van der Waals surface area (Å²) in [6, 6.07) is 17.1. The molecular weight excluding hydrogens is 344 g/mol. The van der Waals surface area contributed by atoms with Gasteiger partial charge in [0, 0.05) is 31.2 Å². The molecule has 3 heteroatoms. The number of ether oxygens (including phenoxy) is 1. The van der Waals surface area contributed by atoms with Gasteiger partial charge in [0.25, 0.3) is 0 Å². The van der Waals surface area contributed by atoms with Gasteiger partial charge in [-0.15, -0.1) is 0 Å². The van der Waals surface area contributed by atoms with Crippen LogP contribution in [0.3, 0.4) is 0 Å². The smallest absolute Gasteiger partial charge is 0.119 e. The highest BCUT2D eigenvalue weighted by molar-refractivity contribution is 5.88. The second-order valence-corrected chi connectivity index (χ2v) is 8.40. The lowest BCUT2D eigenvalue weighted by atomic mass is 9.98. The Balaban J connectivity index is 1.25. The van der Waals surface area contributed by atoms with Crippen LogP contribution in [-0.2, 0) is 0 Å². The average Bonchev–Trinajstić information content (AvgIpc) is 3.55. The molecule has 2 aliphatic rings. The molecule has 2 fully saturated rings. The van der Waals surface area contributed by atoms with Crippen LogP contribution in [0.2, 0.25) is 0 Å². The zero-order valence-electron chi connectivity index (χ0n) is 16.6. The first-order chi connectivity index (χ1) is 13.8. The fraction of sp³-hybridized carbons (Fsp3) is 0.400. The quantitative estimate of drug-likeness (QED) is 0.594. The second kappa shape index (κ2) is 7.56. The average molecular weight is 373 g/mol. The maximum Gasteiger partial charge on any atom is 0.119 e. The number of likely N-dealkylation sites (tertiary alicyclic amines) is 1. The van der Waals surface area contributed by atoms with E-state index in [9.17, 15) is 0 Å². The summed E-state index contributed by atoms with van der Waals surface area (Å²) in [6.07, 6.45) is 7.39. The molecule has 0 spiro atoms. The van der Waals surface area contributed by atoms with Crippen molar-refractivity contribution in [2.24, 2.45) is 5.92 Å². The molecule has 3 nitrogen and oxygen atoms in total. The first-order valence-corrected chi connectivity index (χ1v) is 10.6. The van der Waals surface area contributed by atoms with Gasteiger partial charge in [0.05, 0.1) is 5.52 Å². The fourth-order valence-corrected chi connectivity index (χ4v) is 4.38. The fourth-order valence-electron chi connectivity index (χ4n) is 4.38. The molecule has 1 aliphatic heterocycles. The molecule has 1 aromatic heterocycles. The lowest BCUT2D eigenvalue weighted by Crippen LogP contribution is -2.39. The molecule has 0 bridgehead atoms. The number of nitrogens with zero attached hydrogens (tertiary/aromatic N) is 2. The minimum absolute atomic E-state index is 0.355. The van der Waals surface area contributed by atoms with Crippen LogP contribution in [0.25, 0.3) is 22.0 Å². The van der Waals surface area contributed by atoms with E-state index >= 15 is 0 Å². The molecule has 1 saturated carbocycles. The first-order valence-electron chi connectivity index (χ1n) is 10.6. The Labute approximate surface area is 167 Å². The van der Waals surface area contributed by atoms with E-state index in [2.05, 4.69) is 59.3 Å². The van der Waals surface area contributed by atoms with Crippen molar-refractivity contribution in [3.05, 3.63) is 60.3 Å². The zero-order valence-corrected chi connectivity index (χ0v) is 16.6. The van der Waals surface area contributed by atoms with Crippen molar-refractivity contribution in [2.45, 2.75) is 38.7 Å². The normalized spacial score (nSPS) is 18.5. The molecule has 2 aromatic carbocycles. The van der Waals surface area contributed by atoms with E-state index in [-0.39, 0.29) is 0 Å². The molecule has 0 amide bonds. The van der Waals surface area contributed by atoms with E-state index in [1.165, 1.54) is 54.6 Å². The Bertz CT molecular complexity index is 954. The van der Waals surface area contributed by atoms with Crippen molar-refractivity contribution >= 4 is 10.9 Å². The van der Waals surface area contributed by atoms with Crippen molar-refractivity contribution < 1.29 is 4.74 Å². The van der Waals surface area contributed by atoms with Gasteiger partial charge < -0.3 is 9.64 Å². The summed E-state index contributed by atoms with van der Waals surface area (Å²) in [5, 5.41) is 1.19. The molecule has 28 heavy (non-hydrogen) atoms. The summed E-state index contributed by atoms with van der Waals surface area (Å²) in [7, 11) is 0. The summed E-state index contributed by atoms with van der Waals surface area (Å²) in [5.74, 6) is 1.97. The minimum Gasteiger partial charge on any atom is -0.490 e. The summed E-state index contributed by atoms with van der Waals surface area (Å²) in [6.45, 7) is 5.83. The number of benzene rings is 2. The Morgan fingerprint density at radius 3 is 2.50 bits per heavy atom. The number of hydrogen-bond acceptors (Lipinski definition) is 3. The van der Waals surface area contributed by atoms with Crippen molar-refractivity contribution in [3.63, 3.8) is 0 Å². The van der Waals surface area contributed by atoms with Gasteiger partial charge in [0.15, 0.2) is 0 Å². The van der Waals surface area contributed by atoms with Crippen LogP contribution in [-0.4, -0.2) is 35.6 Å². The molecule has 3 aromatic rings. The third-order valence-electron chi connectivity index (χ3n) is 6.24. The van der Waals surface area contributed by atoms with Crippen LogP contribution >= 0.6 is 0 Å². The number of hydrogen-bond donors (Lipinski definition) is 0. The van der Waals surface area contributed by atoms with E-state index in [0.717, 1.165) is 30.0 Å². The van der Waals surface area contributed by atoms with Gasteiger partial charge >= 0.3 is 0 Å². The van der Waals surface area contributed by atoms with Crippen LogP contribution in [0.15, 0.2) is 54.7 Å². The SMILES string of the molecule is Cc1c(-c2ccc(OC3CCN(CC4CC4)CC3)cc2)ccc2cccnc12. The third-order valence-corrected chi connectivity index (χ3v) is 6.24. The molecule has 0 atom stereocenters. The van der Waals surface area contributed by atoms with Crippen LogP contribution in [0.4, 0.5) is 0 Å². The first kappa shape index (κ1) is 17.7. The number of aryl methyl sites for hydroxylation is 1. The predicted octanol–water partition coefficient (Wildman–Crippen LogP) is 5.46. The van der Waals surface area contributed by atoms with Crippen molar-refractivity contribution in [2.75, 3.05) is 19.6 Å². The molecule has 1 aliphatic carbocycles. The van der Waals surface area contributed by atoms with Gasteiger partial charge in [0.2, 0.25) is 0 Å². The Morgan fingerprint density at radius 2 is 1.75 bits per heavy atom.